The molecule has 190 valence electrons. The highest BCUT2D eigenvalue weighted by molar-refractivity contribution is 6.05. The zero-order valence-electron chi connectivity index (χ0n) is 19.7. The third-order valence-corrected chi connectivity index (χ3v) is 6.06. The van der Waals surface area contributed by atoms with E-state index in [1.807, 2.05) is 18.2 Å². The van der Waals surface area contributed by atoms with E-state index in [1.54, 1.807) is 18.2 Å². The van der Waals surface area contributed by atoms with Crippen LogP contribution in [0.1, 0.15) is 35.3 Å². The summed E-state index contributed by atoms with van der Waals surface area (Å²) in [6.07, 6.45) is 0.463. The number of aromatic amines is 1. The van der Waals surface area contributed by atoms with Crippen molar-refractivity contribution >= 4 is 28.9 Å². The Balaban J connectivity index is 1.45. The summed E-state index contributed by atoms with van der Waals surface area (Å²) in [4.78, 5) is 23.6. The van der Waals surface area contributed by atoms with Gasteiger partial charge in [-0.15, -0.1) is 5.10 Å². The minimum absolute atomic E-state index is 0.0969. The predicted octanol–water partition coefficient (Wildman–Crippen LogP) is 5.87. The van der Waals surface area contributed by atoms with E-state index in [0.717, 1.165) is 43.8 Å². The number of carbonyl (C=O) groups is 1. The van der Waals surface area contributed by atoms with E-state index in [9.17, 15) is 18.0 Å². The first-order valence-electron chi connectivity index (χ1n) is 11.9. The number of hydrogen-bond acceptors (Lipinski definition) is 6. The predicted molar refractivity (Wildman–Crippen MR) is 135 cm³/mol. The Bertz CT molecular complexity index is 1380. The first kappa shape index (κ1) is 24.3. The number of amides is 1. The highest BCUT2D eigenvalue weighted by Crippen LogP contribution is 2.34. The summed E-state index contributed by atoms with van der Waals surface area (Å²) in [5.74, 6) is 0.0683. The van der Waals surface area contributed by atoms with Gasteiger partial charge in [-0.05, 0) is 67.8 Å². The first-order chi connectivity index (χ1) is 17.9. The quantitative estimate of drug-likeness (QED) is 0.302. The van der Waals surface area contributed by atoms with Crippen LogP contribution in [-0.4, -0.2) is 39.2 Å². The van der Waals surface area contributed by atoms with Crippen molar-refractivity contribution in [3.8, 4) is 11.4 Å². The Labute approximate surface area is 211 Å². The van der Waals surface area contributed by atoms with Gasteiger partial charge in [0.15, 0.2) is 5.82 Å². The van der Waals surface area contributed by atoms with Gasteiger partial charge in [0.2, 0.25) is 5.95 Å². The molecule has 2 aromatic heterocycles. The van der Waals surface area contributed by atoms with Gasteiger partial charge in [0, 0.05) is 36.2 Å². The summed E-state index contributed by atoms with van der Waals surface area (Å²) < 4.78 is 39.3. The van der Waals surface area contributed by atoms with Gasteiger partial charge in [0.1, 0.15) is 5.69 Å². The second kappa shape index (κ2) is 10.3. The zero-order valence-corrected chi connectivity index (χ0v) is 19.7. The van der Waals surface area contributed by atoms with Crippen molar-refractivity contribution in [3.63, 3.8) is 0 Å². The van der Waals surface area contributed by atoms with E-state index < -0.39 is 11.7 Å². The number of aromatic nitrogens is 4. The van der Waals surface area contributed by atoms with Gasteiger partial charge in [0.05, 0.1) is 11.3 Å². The van der Waals surface area contributed by atoms with Crippen molar-refractivity contribution in [3.05, 3.63) is 78.1 Å². The number of rotatable bonds is 6. The lowest BCUT2D eigenvalue weighted by molar-refractivity contribution is -0.137. The molecule has 0 spiro atoms. The highest BCUT2D eigenvalue weighted by Gasteiger charge is 2.30. The van der Waals surface area contributed by atoms with Crippen LogP contribution in [-0.2, 0) is 6.18 Å². The summed E-state index contributed by atoms with van der Waals surface area (Å²) in [7, 11) is 0. The van der Waals surface area contributed by atoms with Crippen molar-refractivity contribution in [2.24, 2.45) is 0 Å². The van der Waals surface area contributed by atoms with Crippen molar-refractivity contribution < 1.29 is 18.0 Å². The minimum Gasteiger partial charge on any atom is -0.372 e. The summed E-state index contributed by atoms with van der Waals surface area (Å²) in [6, 6.07) is 15.5. The van der Waals surface area contributed by atoms with Crippen LogP contribution in [0.5, 0.6) is 0 Å². The molecule has 1 fully saturated rings. The molecule has 8 nitrogen and oxygen atoms in total. The standard InChI is InChI=1S/C26H24F3N7O/c27-26(28,29)17-7-6-8-18(15-17)31-25-33-23(34-35-25)20-16-19(36-13-4-1-5-14-36)10-11-21(20)32-24(37)22-9-2-3-12-30-22/h2-3,6-12,15-16H,1,4-5,13-14H2,(H,32,37)(H2,31,33,34,35). The second-order valence-corrected chi connectivity index (χ2v) is 8.66. The Morgan fingerprint density at radius 1 is 0.973 bits per heavy atom. The Kier molecular flexibility index (Phi) is 6.76. The van der Waals surface area contributed by atoms with Crippen LogP contribution < -0.4 is 15.5 Å². The maximum Gasteiger partial charge on any atom is 0.416 e. The fourth-order valence-corrected chi connectivity index (χ4v) is 4.21. The van der Waals surface area contributed by atoms with E-state index >= 15 is 0 Å². The Morgan fingerprint density at radius 3 is 2.57 bits per heavy atom. The number of hydrogen-bond donors (Lipinski definition) is 3. The lowest BCUT2D eigenvalue weighted by atomic mass is 10.1. The van der Waals surface area contributed by atoms with Crippen LogP contribution in [0.25, 0.3) is 11.4 Å². The number of alkyl halides is 3. The zero-order chi connectivity index (χ0) is 25.8. The number of nitrogens with one attached hydrogen (secondary N) is 3. The van der Waals surface area contributed by atoms with Crippen LogP contribution in [0.2, 0.25) is 0 Å². The molecule has 2 aromatic carbocycles. The average Bonchev–Trinajstić information content (AvgIpc) is 3.38. The molecule has 0 bridgehead atoms. The monoisotopic (exact) mass is 507 g/mol. The summed E-state index contributed by atoms with van der Waals surface area (Å²) in [6.45, 7) is 1.86. The van der Waals surface area contributed by atoms with Gasteiger partial charge in [-0.1, -0.05) is 12.1 Å². The van der Waals surface area contributed by atoms with Gasteiger partial charge in [-0.25, -0.2) is 0 Å². The molecule has 3 N–H and O–H groups in total. The molecule has 3 heterocycles. The largest absolute Gasteiger partial charge is 0.416 e. The van der Waals surface area contributed by atoms with E-state index in [1.165, 1.54) is 24.8 Å². The number of carbonyl (C=O) groups excluding carboxylic acids is 1. The molecule has 0 radical (unpaired) electrons. The lowest BCUT2D eigenvalue weighted by Gasteiger charge is -2.29. The van der Waals surface area contributed by atoms with E-state index in [2.05, 4.69) is 35.7 Å². The van der Waals surface area contributed by atoms with Gasteiger partial charge in [0.25, 0.3) is 5.91 Å². The summed E-state index contributed by atoms with van der Waals surface area (Å²) >= 11 is 0. The molecular formula is C26H24F3N7O. The molecule has 0 saturated carbocycles. The molecule has 1 aliphatic rings. The highest BCUT2D eigenvalue weighted by atomic mass is 19.4. The van der Waals surface area contributed by atoms with E-state index in [0.29, 0.717) is 17.1 Å². The SMILES string of the molecule is O=C(Nc1ccc(N2CCCCC2)cc1-c1nc(Nc2cccc(C(F)(F)F)c2)n[nH]1)c1ccccn1. The average molecular weight is 508 g/mol. The molecule has 37 heavy (non-hydrogen) atoms. The minimum atomic E-state index is -4.46. The molecule has 0 atom stereocenters. The topological polar surface area (TPSA) is 98.8 Å². The van der Waals surface area contributed by atoms with Crippen LogP contribution in [0, 0.1) is 0 Å². The first-order valence-corrected chi connectivity index (χ1v) is 11.9. The molecule has 11 heteroatoms. The Hall–Kier alpha value is -4.41. The van der Waals surface area contributed by atoms with Crippen LogP contribution >= 0.6 is 0 Å². The third-order valence-electron chi connectivity index (χ3n) is 6.06. The third kappa shape index (κ3) is 5.71. The Morgan fingerprint density at radius 2 is 1.81 bits per heavy atom. The van der Waals surface area contributed by atoms with Gasteiger partial charge in [-0.3, -0.25) is 14.9 Å². The van der Waals surface area contributed by atoms with Crippen molar-refractivity contribution in [1.29, 1.82) is 0 Å². The molecule has 5 rings (SSSR count). The van der Waals surface area contributed by atoms with Gasteiger partial charge >= 0.3 is 6.18 Å². The maximum absolute atomic E-state index is 13.1. The van der Waals surface area contributed by atoms with E-state index in [4.69, 9.17) is 0 Å². The molecule has 0 unspecified atom stereocenters. The van der Waals surface area contributed by atoms with Gasteiger partial charge < -0.3 is 15.5 Å². The normalized spacial score (nSPS) is 13.9. The fraction of sp³-hybridized carbons (Fsp3) is 0.231. The number of halogens is 3. The van der Waals surface area contributed by atoms with Gasteiger partial charge in [-0.2, -0.15) is 18.2 Å². The second-order valence-electron chi connectivity index (χ2n) is 8.66. The molecule has 1 aliphatic heterocycles. The number of pyridine rings is 1. The van der Waals surface area contributed by atoms with Crippen LogP contribution in [0.3, 0.4) is 0 Å². The summed E-state index contributed by atoms with van der Waals surface area (Å²) in [5.41, 5.74) is 1.76. The maximum atomic E-state index is 13.1. The smallest absolute Gasteiger partial charge is 0.372 e. The van der Waals surface area contributed by atoms with Crippen molar-refractivity contribution in [2.45, 2.75) is 25.4 Å². The number of H-pyrrole nitrogens is 1. The number of nitrogens with zero attached hydrogens (tertiary/aromatic N) is 4. The summed E-state index contributed by atoms with van der Waals surface area (Å²) in [5, 5.41) is 12.7. The molecule has 0 aliphatic carbocycles. The van der Waals surface area contributed by atoms with Crippen molar-refractivity contribution in [2.75, 3.05) is 28.6 Å². The van der Waals surface area contributed by atoms with Crippen LogP contribution in [0.15, 0.2) is 66.9 Å². The van der Waals surface area contributed by atoms with Crippen LogP contribution in [0.4, 0.5) is 36.2 Å². The molecule has 1 saturated heterocycles. The van der Waals surface area contributed by atoms with Crippen molar-refractivity contribution in [1.82, 2.24) is 20.2 Å². The number of benzene rings is 2. The molecule has 4 aromatic rings. The molecule has 1 amide bonds. The number of anilines is 4. The fourth-order valence-electron chi connectivity index (χ4n) is 4.21. The van der Waals surface area contributed by atoms with E-state index in [-0.39, 0.29) is 23.2 Å². The lowest BCUT2D eigenvalue weighted by Crippen LogP contribution is -2.29. The molecular weight excluding hydrogens is 483 g/mol. The number of piperidine rings is 1.